The third-order valence-corrected chi connectivity index (χ3v) is 5.78. The number of benzene rings is 3. The molecule has 0 unspecified atom stereocenters. The van der Waals surface area contributed by atoms with Gasteiger partial charge in [0.25, 0.3) is 5.69 Å². The van der Waals surface area contributed by atoms with Crippen LogP contribution < -0.4 is 9.47 Å². The summed E-state index contributed by atoms with van der Waals surface area (Å²) in [4.78, 5) is 27.1. The Kier molecular flexibility index (Phi) is 7.13. The van der Waals surface area contributed by atoms with E-state index in [0.29, 0.717) is 21.5 Å². The van der Waals surface area contributed by atoms with Crippen molar-refractivity contribution in [1.82, 2.24) is 0 Å². The Labute approximate surface area is 211 Å². The van der Waals surface area contributed by atoms with E-state index >= 15 is 0 Å². The normalized spacial score (nSPS) is 14.0. The molecule has 0 atom stereocenters. The fourth-order valence-electron chi connectivity index (χ4n) is 3.17. The van der Waals surface area contributed by atoms with Crippen LogP contribution in [0.25, 0.3) is 6.08 Å². The highest BCUT2D eigenvalue weighted by Crippen LogP contribution is 2.38. The molecule has 0 bridgehead atoms. The van der Waals surface area contributed by atoms with E-state index in [4.69, 9.17) is 25.8 Å². The van der Waals surface area contributed by atoms with Crippen molar-refractivity contribution in [3.63, 3.8) is 0 Å². The van der Waals surface area contributed by atoms with Crippen molar-refractivity contribution in [3.8, 4) is 11.5 Å². The van der Waals surface area contributed by atoms with E-state index < -0.39 is 10.9 Å². The van der Waals surface area contributed by atoms with Crippen LogP contribution in [-0.4, -0.2) is 23.9 Å². The molecule has 0 aromatic heterocycles. The summed E-state index contributed by atoms with van der Waals surface area (Å²) in [6.07, 6.45) is 1.47. The first-order chi connectivity index (χ1) is 16.7. The zero-order valence-corrected chi connectivity index (χ0v) is 20.3. The number of rotatable bonds is 7. The van der Waals surface area contributed by atoms with Gasteiger partial charge in [-0.05, 0) is 63.5 Å². The van der Waals surface area contributed by atoms with E-state index in [0.717, 1.165) is 5.56 Å². The van der Waals surface area contributed by atoms with E-state index in [1.54, 1.807) is 24.3 Å². The highest BCUT2D eigenvalue weighted by molar-refractivity contribution is 9.10. The highest BCUT2D eigenvalue weighted by Gasteiger charge is 2.27. The molecule has 3 aromatic rings. The fourth-order valence-corrected chi connectivity index (χ4v) is 3.94. The number of non-ortho nitro benzene ring substituents is 1. The predicted molar refractivity (Wildman–Crippen MR) is 130 cm³/mol. The zero-order chi connectivity index (χ0) is 25.1. The average Bonchev–Trinajstić information content (AvgIpc) is 3.19. The molecule has 178 valence electrons. The molecule has 0 aliphatic carbocycles. The van der Waals surface area contributed by atoms with Crippen molar-refractivity contribution in [2.45, 2.75) is 6.61 Å². The molecule has 8 nitrogen and oxygen atoms in total. The number of carbonyl (C=O) groups is 1. The zero-order valence-electron chi connectivity index (χ0n) is 18.0. The topological polar surface area (TPSA) is 100 Å². The third kappa shape index (κ3) is 5.50. The Morgan fingerprint density at radius 2 is 1.94 bits per heavy atom. The van der Waals surface area contributed by atoms with Gasteiger partial charge in [0.1, 0.15) is 12.4 Å². The van der Waals surface area contributed by atoms with Crippen LogP contribution in [0.15, 0.2) is 69.8 Å². The minimum Gasteiger partial charge on any atom is -0.493 e. The van der Waals surface area contributed by atoms with Crippen molar-refractivity contribution in [2.24, 2.45) is 4.99 Å². The molecule has 11 heteroatoms. The summed E-state index contributed by atoms with van der Waals surface area (Å²) in [5, 5.41) is 11.2. The summed E-state index contributed by atoms with van der Waals surface area (Å²) >= 11 is 9.57. The Balaban J connectivity index is 1.61. The number of nitro benzene ring substituents is 1. The molecular weight excluding hydrogens is 547 g/mol. The van der Waals surface area contributed by atoms with Crippen LogP contribution in [0.2, 0.25) is 5.02 Å². The lowest BCUT2D eigenvalue weighted by Gasteiger charge is -2.13. The second-order valence-electron chi connectivity index (χ2n) is 7.21. The lowest BCUT2D eigenvalue weighted by atomic mass is 10.1. The summed E-state index contributed by atoms with van der Waals surface area (Å²) in [5.41, 5.74) is 1.19. The van der Waals surface area contributed by atoms with Gasteiger partial charge in [-0.3, -0.25) is 10.1 Å². The first-order valence-electron chi connectivity index (χ1n) is 9.97. The number of nitrogens with zero attached hydrogens (tertiary/aromatic N) is 2. The highest BCUT2D eigenvalue weighted by atomic mass is 79.9. The average molecular weight is 562 g/mol. The van der Waals surface area contributed by atoms with Gasteiger partial charge in [0.2, 0.25) is 5.90 Å². The smallest absolute Gasteiger partial charge is 0.363 e. The van der Waals surface area contributed by atoms with E-state index in [1.807, 2.05) is 0 Å². The van der Waals surface area contributed by atoms with Gasteiger partial charge in [-0.2, -0.15) is 0 Å². The van der Waals surface area contributed by atoms with E-state index in [1.165, 1.54) is 43.5 Å². The number of methoxy groups -OCH3 is 1. The molecule has 1 heterocycles. The van der Waals surface area contributed by atoms with Gasteiger partial charge in [-0.1, -0.05) is 23.7 Å². The Morgan fingerprint density at radius 3 is 2.63 bits per heavy atom. The summed E-state index contributed by atoms with van der Waals surface area (Å²) in [6, 6.07) is 13.0. The van der Waals surface area contributed by atoms with Crippen molar-refractivity contribution in [1.29, 1.82) is 0 Å². The minimum absolute atomic E-state index is 0.0310. The first-order valence-corrected chi connectivity index (χ1v) is 11.1. The lowest BCUT2D eigenvalue weighted by Crippen LogP contribution is -2.06. The van der Waals surface area contributed by atoms with E-state index in [2.05, 4.69) is 20.9 Å². The number of hydrogen-bond donors (Lipinski definition) is 0. The second kappa shape index (κ2) is 10.2. The Hall–Kier alpha value is -3.76. The largest absolute Gasteiger partial charge is 0.493 e. The minimum atomic E-state index is -0.741. The monoisotopic (exact) mass is 560 g/mol. The predicted octanol–water partition coefficient (Wildman–Crippen LogP) is 6.08. The number of halogens is 3. The summed E-state index contributed by atoms with van der Waals surface area (Å²) < 4.78 is 30.1. The van der Waals surface area contributed by atoms with Crippen LogP contribution in [0.1, 0.15) is 16.7 Å². The lowest BCUT2D eigenvalue weighted by molar-refractivity contribution is -0.384. The van der Waals surface area contributed by atoms with Gasteiger partial charge in [0.15, 0.2) is 17.2 Å². The number of hydrogen-bond acceptors (Lipinski definition) is 7. The Morgan fingerprint density at radius 1 is 1.20 bits per heavy atom. The summed E-state index contributed by atoms with van der Waals surface area (Å²) in [6.45, 7) is 0.180. The van der Waals surface area contributed by atoms with Gasteiger partial charge < -0.3 is 14.2 Å². The van der Waals surface area contributed by atoms with Crippen molar-refractivity contribution < 1.29 is 28.3 Å². The first kappa shape index (κ1) is 24.4. The molecule has 1 aliphatic rings. The van der Waals surface area contributed by atoms with Crippen LogP contribution in [-0.2, 0) is 16.1 Å². The van der Waals surface area contributed by atoms with Crippen molar-refractivity contribution in [3.05, 3.63) is 102 Å². The summed E-state index contributed by atoms with van der Waals surface area (Å²) in [5.74, 6) is -0.422. The molecule has 0 saturated carbocycles. The number of esters is 1. The van der Waals surface area contributed by atoms with Gasteiger partial charge >= 0.3 is 5.97 Å². The molecule has 0 saturated heterocycles. The number of ether oxygens (including phenoxy) is 3. The number of cyclic esters (lactones) is 1. The number of nitro groups is 1. The van der Waals surface area contributed by atoms with Crippen LogP contribution in [0, 0.1) is 15.9 Å². The maximum Gasteiger partial charge on any atom is 0.363 e. The fraction of sp³-hybridized carbons (Fsp3) is 0.0833. The third-order valence-electron chi connectivity index (χ3n) is 4.86. The van der Waals surface area contributed by atoms with Gasteiger partial charge in [0.05, 0.1) is 27.1 Å². The molecule has 0 N–H and O–H groups in total. The molecule has 1 aliphatic heterocycles. The van der Waals surface area contributed by atoms with E-state index in [9.17, 15) is 19.3 Å². The number of aliphatic imine (C=N–C) groups is 1. The van der Waals surface area contributed by atoms with Gasteiger partial charge in [0, 0.05) is 12.1 Å². The van der Waals surface area contributed by atoms with Crippen LogP contribution >= 0.6 is 27.5 Å². The molecule has 35 heavy (non-hydrogen) atoms. The molecular formula is C24H15BrClFN2O6. The van der Waals surface area contributed by atoms with Gasteiger partial charge in [-0.25, -0.2) is 14.2 Å². The van der Waals surface area contributed by atoms with E-state index in [-0.39, 0.29) is 40.3 Å². The molecule has 0 fully saturated rings. The second-order valence-corrected chi connectivity index (χ2v) is 8.47. The molecule has 4 rings (SSSR count). The molecule has 0 spiro atoms. The molecule has 0 radical (unpaired) electrons. The maximum atomic E-state index is 13.1. The SMILES string of the molecule is COc1cc(/C=C2\N=C(c3cc([N+](=O)[O-])ccc3Cl)OC2=O)cc(Br)c1OCc1ccc(F)cc1. The number of carbonyl (C=O) groups excluding carboxylic acids is 1. The maximum absolute atomic E-state index is 13.1. The standard InChI is InChI=1S/C24H15BrClFN2O6/c1-33-21-10-14(8-18(25)22(21)34-12-13-2-4-15(27)5-3-13)9-20-24(30)35-23(28-20)17-11-16(29(31)32)6-7-19(17)26/h2-11H,12H2,1H3/b20-9-. The van der Waals surface area contributed by atoms with Crippen LogP contribution in [0.5, 0.6) is 11.5 Å². The van der Waals surface area contributed by atoms with Crippen molar-refractivity contribution in [2.75, 3.05) is 7.11 Å². The quantitative estimate of drug-likeness (QED) is 0.150. The van der Waals surface area contributed by atoms with Crippen LogP contribution in [0.3, 0.4) is 0 Å². The summed E-state index contributed by atoms with van der Waals surface area (Å²) in [7, 11) is 1.47. The van der Waals surface area contributed by atoms with Crippen molar-refractivity contribution >= 4 is 51.2 Å². The Bertz CT molecular complexity index is 1390. The van der Waals surface area contributed by atoms with Gasteiger partial charge in [-0.15, -0.1) is 0 Å². The van der Waals surface area contributed by atoms with Crippen LogP contribution in [0.4, 0.5) is 10.1 Å². The molecule has 0 amide bonds. The molecule has 3 aromatic carbocycles.